The van der Waals surface area contributed by atoms with E-state index in [-0.39, 0.29) is 18.8 Å². The van der Waals surface area contributed by atoms with Gasteiger partial charge in [0.05, 0.1) is 24.9 Å². The third kappa shape index (κ3) is 5.39. The van der Waals surface area contributed by atoms with E-state index in [9.17, 15) is 0 Å². The van der Waals surface area contributed by atoms with Crippen LogP contribution in [0.5, 0.6) is 0 Å². The second-order valence-corrected chi connectivity index (χ2v) is 4.65. The van der Waals surface area contributed by atoms with Gasteiger partial charge in [0.15, 0.2) is 0 Å². The normalized spacial score (nSPS) is 24.1. The van der Waals surface area contributed by atoms with Gasteiger partial charge < -0.3 is 9.84 Å². The molecular weight excluding hydrogens is 218 g/mol. The van der Waals surface area contributed by atoms with Crippen LogP contribution in [0.25, 0.3) is 10.4 Å². The molecule has 17 heavy (non-hydrogen) atoms. The van der Waals surface area contributed by atoms with Crippen LogP contribution in [-0.2, 0) is 4.74 Å². The summed E-state index contributed by atoms with van der Waals surface area (Å²) in [6.45, 7) is 2.09. The molecule has 0 radical (unpaired) electrons. The maximum Gasteiger partial charge on any atom is 0.0948 e. The molecule has 5 nitrogen and oxygen atoms in total. The Bertz CT molecular complexity index is 254. The first-order valence-electron chi connectivity index (χ1n) is 6.64. The monoisotopic (exact) mass is 241 g/mol. The Morgan fingerprint density at radius 3 is 2.65 bits per heavy atom. The third-order valence-corrected chi connectivity index (χ3v) is 3.23. The minimum atomic E-state index is -0.398. The molecule has 0 amide bonds. The molecule has 1 aliphatic rings. The zero-order valence-corrected chi connectivity index (χ0v) is 10.6. The van der Waals surface area contributed by atoms with Crippen molar-refractivity contribution in [2.75, 3.05) is 6.61 Å². The summed E-state index contributed by atoms with van der Waals surface area (Å²) in [7, 11) is 0. The third-order valence-electron chi connectivity index (χ3n) is 3.23. The van der Waals surface area contributed by atoms with Crippen molar-refractivity contribution in [2.24, 2.45) is 5.11 Å². The van der Waals surface area contributed by atoms with Gasteiger partial charge in [0.25, 0.3) is 0 Å². The van der Waals surface area contributed by atoms with Crippen LogP contribution in [-0.4, -0.2) is 30.0 Å². The molecule has 1 N–H and O–H groups in total. The quantitative estimate of drug-likeness (QED) is 0.209. The van der Waals surface area contributed by atoms with E-state index in [1.54, 1.807) is 0 Å². The number of hydrogen-bond acceptors (Lipinski definition) is 3. The van der Waals surface area contributed by atoms with Gasteiger partial charge in [-0.1, -0.05) is 50.6 Å². The first kappa shape index (κ1) is 14.3. The van der Waals surface area contributed by atoms with Gasteiger partial charge in [0, 0.05) is 4.91 Å². The number of nitrogens with zero attached hydrogens (tertiary/aromatic N) is 3. The number of aliphatic hydroxyl groups is 1. The van der Waals surface area contributed by atoms with Gasteiger partial charge in [-0.05, 0) is 12.0 Å². The van der Waals surface area contributed by atoms with Crippen molar-refractivity contribution in [2.45, 2.75) is 70.1 Å². The van der Waals surface area contributed by atoms with Crippen LogP contribution in [0, 0.1) is 0 Å². The standard InChI is InChI=1S/C12H23N3O2/c1-2-3-4-5-6-7-8-11-12(17-11)10(9-16)14-15-13/h10-12,16H,2-9H2,1H3/t10-,11+,12-/m0/s1. The summed E-state index contributed by atoms with van der Waals surface area (Å²) >= 11 is 0. The van der Waals surface area contributed by atoms with E-state index in [1.807, 2.05) is 0 Å². The molecule has 0 spiro atoms. The molecule has 1 heterocycles. The van der Waals surface area contributed by atoms with E-state index >= 15 is 0 Å². The molecule has 5 heteroatoms. The summed E-state index contributed by atoms with van der Waals surface area (Å²) in [4.78, 5) is 2.72. The average molecular weight is 241 g/mol. The van der Waals surface area contributed by atoms with Crippen molar-refractivity contribution in [1.29, 1.82) is 0 Å². The van der Waals surface area contributed by atoms with Gasteiger partial charge in [-0.2, -0.15) is 0 Å². The SMILES string of the molecule is CCCCCCCC[C@H]1O[C@H]1[C@H](CO)N=[N+]=[N-]. The van der Waals surface area contributed by atoms with Crippen molar-refractivity contribution < 1.29 is 9.84 Å². The Morgan fingerprint density at radius 1 is 1.29 bits per heavy atom. The van der Waals surface area contributed by atoms with Gasteiger partial charge in [0.2, 0.25) is 0 Å². The molecule has 0 aromatic heterocycles. The maximum atomic E-state index is 9.01. The highest BCUT2D eigenvalue weighted by molar-refractivity contribution is 4.94. The molecule has 0 bridgehead atoms. The van der Waals surface area contributed by atoms with Crippen LogP contribution in [0.1, 0.15) is 51.9 Å². The van der Waals surface area contributed by atoms with Crippen LogP contribution in [0.15, 0.2) is 5.11 Å². The van der Waals surface area contributed by atoms with Crippen LogP contribution < -0.4 is 0 Å². The zero-order valence-electron chi connectivity index (χ0n) is 10.6. The smallest absolute Gasteiger partial charge is 0.0948 e. The number of ether oxygens (including phenoxy) is 1. The highest BCUT2D eigenvalue weighted by Crippen LogP contribution is 2.31. The van der Waals surface area contributed by atoms with Crippen LogP contribution in [0.2, 0.25) is 0 Å². The van der Waals surface area contributed by atoms with E-state index in [0.29, 0.717) is 0 Å². The van der Waals surface area contributed by atoms with E-state index < -0.39 is 6.04 Å². The van der Waals surface area contributed by atoms with Gasteiger partial charge >= 0.3 is 0 Å². The molecule has 3 atom stereocenters. The maximum absolute atomic E-state index is 9.01. The lowest BCUT2D eigenvalue weighted by Crippen LogP contribution is -2.18. The van der Waals surface area contributed by atoms with Crippen LogP contribution in [0.4, 0.5) is 0 Å². The predicted molar refractivity (Wildman–Crippen MR) is 66.7 cm³/mol. The Balaban J connectivity index is 2.02. The second-order valence-electron chi connectivity index (χ2n) is 4.65. The lowest BCUT2D eigenvalue weighted by atomic mass is 10.1. The van der Waals surface area contributed by atoms with Crippen molar-refractivity contribution in [3.8, 4) is 0 Å². The number of rotatable bonds is 10. The van der Waals surface area contributed by atoms with E-state index in [1.165, 1.54) is 38.5 Å². The lowest BCUT2D eigenvalue weighted by molar-refractivity contribution is 0.235. The first-order chi connectivity index (χ1) is 8.33. The van der Waals surface area contributed by atoms with Crippen molar-refractivity contribution in [1.82, 2.24) is 0 Å². The van der Waals surface area contributed by atoms with Gasteiger partial charge in [0.1, 0.15) is 0 Å². The molecule has 1 fully saturated rings. The Labute approximate surface area is 103 Å². The number of aliphatic hydroxyl groups excluding tert-OH is 1. The van der Waals surface area contributed by atoms with E-state index in [0.717, 1.165) is 6.42 Å². The number of hydrogen-bond donors (Lipinski definition) is 1. The topological polar surface area (TPSA) is 81.5 Å². The second kappa shape index (κ2) is 8.34. The summed E-state index contributed by atoms with van der Waals surface area (Å²) in [6.07, 6.45) is 8.81. The molecule has 0 aromatic rings. The molecule has 98 valence electrons. The highest BCUT2D eigenvalue weighted by Gasteiger charge is 2.43. The molecule has 0 aliphatic carbocycles. The Hall–Kier alpha value is -0.770. The molecule has 0 aromatic carbocycles. The molecular formula is C12H23N3O2. The summed E-state index contributed by atoms with van der Waals surface area (Å²) in [6, 6.07) is -0.398. The molecule has 1 rings (SSSR count). The average Bonchev–Trinajstić information content (AvgIpc) is 3.10. The Kier molecular flexibility index (Phi) is 7.01. The number of azide groups is 1. The minimum absolute atomic E-state index is 0.0495. The molecule has 0 unspecified atom stereocenters. The van der Waals surface area contributed by atoms with Gasteiger partial charge in [-0.3, -0.25) is 0 Å². The van der Waals surface area contributed by atoms with Crippen LogP contribution >= 0.6 is 0 Å². The van der Waals surface area contributed by atoms with E-state index in [2.05, 4.69) is 16.9 Å². The van der Waals surface area contributed by atoms with Gasteiger partial charge in [-0.15, -0.1) is 0 Å². The summed E-state index contributed by atoms with van der Waals surface area (Å²) in [5.74, 6) is 0. The summed E-state index contributed by atoms with van der Waals surface area (Å²) in [5, 5.41) is 12.5. The van der Waals surface area contributed by atoms with Gasteiger partial charge in [-0.25, -0.2) is 0 Å². The minimum Gasteiger partial charge on any atom is -0.396 e. The summed E-state index contributed by atoms with van der Waals surface area (Å²) < 4.78 is 5.43. The Morgan fingerprint density at radius 2 is 2.00 bits per heavy atom. The zero-order chi connectivity index (χ0) is 12.5. The molecule has 1 saturated heterocycles. The molecule has 0 saturated carbocycles. The fraction of sp³-hybridized carbons (Fsp3) is 1.00. The van der Waals surface area contributed by atoms with E-state index in [4.69, 9.17) is 15.4 Å². The van der Waals surface area contributed by atoms with Crippen molar-refractivity contribution in [3.05, 3.63) is 10.4 Å². The number of unbranched alkanes of at least 4 members (excludes halogenated alkanes) is 5. The number of epoxide rings is 1. The summed E-state index contributed by atoms with van der Waals surface area (Å²) in [5.41, 5.74) is 8.32. The fourth-order valence-corrected chi connectivity index (χ4v) is 2.13. The van der Waals surface area contributed by atoms with Crippen molar-refractivity contribution >= 4 is 0 Å². The largest absolute Gasteiger partial charge is 0.396 e. The van der Waals surface area contributed by atoms with Crippen molar-refractivity contribution in [3.63, 3.8) is 0 Å². The molecule has 1 aliphatic heterocycles. The van der Waals surface area contributed by atoms with Crippen LogP contribution in [0.3, 0.4) is 0 Å². The lowest BCUT2D eigenvalue weighted by Gasteiger charge is -2.02. The first-order valence-corrected chi connectivity index (χ1v) is 6.64. The predicted octanol–water partition coefficient (Wildman–Crippen LogP) is 3.18. The highest BCUT2D eigenvalue weighted by atomic mass is 16.6. The fourth-order valence-electron chi connectivity index (χ4n) is 2.13.